The monoisotopic (exact) mass is 153 g/mol. The van der Waals surface area contributed by atoms with Gasteiger partial charge in [0.2, 0.25) is 0 Å². The highest BCUT2D eigenvalue weighted by Gasteiger charge is 1.91. The van der Waals surface area contributed by atoms with Crippen LogP contribution in [0.2, 0.25) is 0 Å². The van der Waals surface area contributed by atoms with Crippen molar-refractivity contribution in [1.29, 1.82) is 0 Å². The van der Waals surface area contributed by atoms with Gasteiger partial charge in [-0.05, 0) is 19.0 Å². The van der Waals surface area contributed by atoms with E-state index in [1.807, 2.05) is 6.07 Å². The fourth-order valence-corrected chi connectivity index (χ4v) is 0.928. The van der Waals surface area contributed by atoms with E-state index in [4.69, 9.17) is 4.42 Å². The predicted octanol–water partition coefficient (Wildman–Crippen LogP) is 2.17. The Labute approximate surface area is 67.6 Å². The molecule has 2 heteroatoms. The smallest absolute Gasteiger partial charge is 0.0947 e. The summed E-state index contributed by atoms with van der Waals surface area (Å²) in [6.07, 6.45) is 5.98. The highest BCUT2D eigenvalue weighted by molar-refractivity contribution is 5.04. The summed E-state index contributed by atoms with van der Waals surface area (Å²) in [7, 11) is 0. The molecule has 62 valence electrons. The number of hydrogen-bond acceptors (Lipinski definition) is 2. The zero-order valence-electron chi connectivity index (χ0n) is 6.97. The number of hydrogen-bond donors (Lipinski definition) is 1. The van der Waals surface area contributed by atoms with Crippen molar-refractivity contribution in [2.24, 2.45) is 0 Å². The topological polar surface area (TPSA) is 25.2 Å². The molecule has 0 aliphatic heterocycles. The van der Waals surface area contributed by atoms with E-state index in [2.05, 4.69) is 12.2 Å². The maximum absolute atomic E-state index is 4.93. The molecule has 0 aliphatic carbocycles. The summed E-state index contributed by atoms with van der Waals surface area (Å²) in [4.78, 5) is 0. The van der Waals surface area contributed by atoms with Crippen LogP contribution in [0.5, 0.6) is 0 Å². The van der Waals surface area contributed by atoms with Gasteiger partial charge in [-0.2, -0.15) is 0 Å². The van der Waals surface area contributed by atoms with Crippen LogP contribution >= 0.6 is 0 Å². The number of unbranched alkanes of at least 4 members (excludes halogenated alkanes) is 1. The standard InChI is InChI=1S/C9H15NO/c1-2-3-5-10-7-9-4-6-11-8-9/h4,6,8,10H,2-3,5,7H2,1H3. The molecule has 1 N–H and O–H groups in total. The van der Waals surface area contributed by atoms with Crippen LogP contribution in [0.3, 0.4) is 0 Å². The molecule has 2 nitrogen and oxygen atoms in total. The largest absolute Gasteiger partial charge is 0.472 e. The van der Waals surface area contributed by atoms with Crippen molar-refractivity contribution in [2.75, 3.05) is 6.54 Å². The predicted molar refractivity (Wildman–Crippen MR) is 45.3 cm³/mol. The summed E-state index contributed by atoms with van der Waals surface area (Å²) in [5, 5.41) is 3.33. The molecule has 11 heavy (non-hydrogen) atoms. The van der Waals surface area contributed by atoms with Gasteiger partial charge < -0.3 is 9.73 Å². The fourth-order valence-electron chi connectivity index (χ4n) is 0.928. The van der Waals surface area contributed by atoms with E-state index in [1.54, 1.807) is 12.5 Å². The second-order valence-electron chi connectivity index (χ2n) is 2.66. The van der Waals surface area contributed by atoms with Crippen molar-refractivity contribution < 1.29 is 4.42 Å². The first-order chi connectivity index (χ1) is 5.43. The molecular weight excluding hydrogens is 138 g/mol. The van der Waals surface area contributed by atoms with Crippen molar-refractivity contribution in [3.63, 3.8) is 0 Å². The first kappa shape index (κ1) is 8.34. The zero-order chi connectivity index (χ0) is 7.94. The molecule has 1 rings (SSSR count). The van der Waals surface area contributed by atoms with Crippen LogP contribution in [0.25, 0.3) is 0 Å². The number of rotatable bonds is 5. The maximum Gasteiger partial charge on any atom is 0.0947 e. The Bertz CT molecular complexity index is 170. The van der Waals surface area contributed by atoms with Crippen molar-refractivity contribution in [3.8, 4) is 0 Å². The molecule has 0 amide bonds. The summed E-state index contributed by atoms with van der Waals surface area (Å²) in [5.74, 6) is 0. The lowest BCUT2D eigenvalue weighted by molar-refractivity contribution is 0.559. The third-order valence-electron chi connectivity index (χ3n) is 1.62. The van der Waals surface area contributed by atoms with Gasteiger partial charge in [0.15, 0.2) is 0 Å². The Morgan fingerprint density at radius 2 is 2.45 bits per heavy atom. The van der Waals surface area contributed by atoms with Crippen LogP contribution in [0, 0.1) is 0 Å². The fraction of sp³-hybridized carbons (Fsp3) is 0.556. The molecule has 0 aromatic carbocycles. The zero-order valence-corrected chi connectivity index (χ0v) is 6.97. The third kappa shape index (κ3) is 3.23. The Hall–Kier alpha value is -0.760. The molecular formula is C9H15NO. The van der Waals surface area contributed by atoms with Crippen LogP contribution in [0.4, 0.5) is 0 Å². The van der Waals surface area contributed by atoms with E-state index in [0.29, 0.717) is 0 Å². The molecule has 0 saturated carbocycles. The molecule has 0 saturated heterocycles. The number of nitrogens with one attached hydrogen (secondary N) is 1. The molecule has 1 aromatic heterocycles. The van der Waals surface area contributed by atoms with Gasteiger partial charge in [-0.15, -0.1) is 0 Å². The second-order valence-corrected chi connectivity index (χ2v) is 2.66. The highest BCUT2D eigenvalue weighted by atomic mass is 16.3. The summed E-state index contributed by atoms with van der Waals surface area (Å²) in [5.41, 5.74) is 1.22. The SMILES string of the molecule is CCCCNCc1ccoc1. The van der Waals surface area contributed by atoms with E-state index in [1.165, 1.54) is 18.4 Å². The lowest BCUT2D eigenvalue weighted by Crippen LogP contribution is -2.13. The molecule has 0 spiro atoms. The normalized spacial score (nSPS) is 10.3. The van der Waals surface area contributed by atoms with Crippen molar-refractivity contribution >= 4 is 0 Å². The van der Waals surface area contributed by atoms with Crippen molar-refractivity contribution in [2.45, 2.75) is 26.3 Å². The van der Waals surface area contributed by atoms with Crippen LogP contribution in [-0.2, 0) is 6.54 Å². The Kier molecular flexibility index (Phi) is 3.76. The molecule has 0 radical (unpaired) electrons. The Morgan fingerprint density at radius 1 is 1.55 bits per heavy atom. The molecule has 1 heterocycles. The first-order valence-electron chi connectivity index (χ1n) is 4.15. The molecule has 0 fully saturated rings. The summed E-state index contributed by atoms with van der Waals surface area (Å²) in [6, 6.07) is 1.99. The lowest BCUT2D eigenvalue weighted by Gasteiger charge is -1.99. The van der Waals surface area contributed by atoms with E-state index >= 15 is 0 Å². The molecule has 0 bridgehead atoms. The third-order valence-corrected chi connectivity index (χ3v) is 1.62. The quantitative estimate of drug-likeness (QED) is 0.656. The van der Waals surface area contributed by atoms with Crippen LogP contribution in [-0.4, -0.2) is 6.54 Å². The minimum Gasteiger partial charge on any atom is -0.472 e. The molecule has 0 atom stereocenters. The van der Waals surface area contributed by atoms with Crippen LogP contribution < -0.4 is 5.32 Å². The van der Waals surface area contributed by atoms with Crippen molar-refractivity contribution in [1.82, 2.24) is 5.32 Å². The van der Waals surface area contributed by atoms with Crippen molar-refractivity contribution in [3.05, 3.63) is 24.2 Å². The summed E-state index contributed by atoms with van der Waals surface area (Å²) in [6.45, 7) is 4.22. The summed E-state index contributed by atoms with van der Waals surface area (Å²) >= 11 is 0. The molecule has 0 unspecified atom stereocenters. The van der Waals surface area contributed by atoms with Gasteiger partial charge in [0, 0.05) is 12.1 Å². The molecule has 1 aromatic rings. The average Bonchev–Trinajstić information content (AvgIpc) is 2.50. The first-order valence-corrected chi connectivity index (χ1v) is 4.15. The van der Waals surface area contributed by atoms with Gasteiger partial charge in [0.1, 0.15) is 0 Å². The van der Waals surface area contributed by atoms with Crippen LogP contribution in [0.15, 0.2) is 23.0 Å². The van der Waals surface area contributed by atoms with E-state index in [-0.39, 0.29) is 0 Å². The van der Waals surface area contributed by atoms with Gasteiger partial charge in [0.25, 0.3) is 0 Å². The van der Waals surface area contributed by atoms with Gasteiger partial charge in [-0.3, -0.25) is 0 Å². The summed E-state index contributed by atoms with van der Waals surface area (Å²) < 4.78 is 4.93. The lowest BCUT2D eigenvalue weighted by atomic mass is 10.3. The van der Waals surface area contributed by atoms with E-state index in [0.717, 1.165) is 13.1 Å². The van der Waals surface area contributed by atoms with Crippen LogP contribution in [0.1, 0.15) is 25.3 Å². The van der Waals surface area contributed by atoms with Gasteiger partial charge in [0.05, 0.1) is 12.5 Å². The van der Waals surface area contributed by atoms with E-state index in [9.17, 15) is 0 Å². The number of furan rings is 1. The van der Waals surface area contributed by atoms with Gasteiger partial charge in [-0.25, -0.2) is 0 Å². The average molecular weight is 153 g/mol. The van der Waals surface area contributed by atoms with Gasteiger partial charge >= 0.3 is 0 Å². The van der Waals surface area contributed by atoms with Gasteiger partial charge in [-0.1, -0.05) is 13.3 Å². The Morgan fingerprint density at radius 3 is 3.09 bits per heavy atom. The minimum atomic E-state index is 0.927. The molecule has 0 aliphatic rings. The minimum absolute atomic E-state index is 0.927. The van der Waals surface area contributed by atoms with E-state index < -0.39 is 0 Å². The Balaban J connectivity index is 2.04. The highest BCUT2D eigenvalue weighted by Crippen LogP contribution is 1.98. The maximum atomic E-state index is 4.93. The second kappa shape index (κ2) is 4.97.